The van der Waals surface area contributed by atoms with Gasteiger partial charge in [-0.2, -0.15) is 0 Å². The van der Waals surface area contributed by atoms with E-state index in [4.69, 9.17) is 4.74 Å². The average Bonchev–Trinajstić information content (AvgIpc) is 2.46. The summed E-state index contributed by atoms with van der Waals surface area (Å²) >= 11 is 0. The fraction of sp³-hybridized carbons (Fsp3) is 0.294. The Morgan fingerprint density at radius 1 is 1.15 bits per heavy atom. The van der Waals surface area contributed by atoms with Crippen molar-refractivity contribution >= 4 is 0 Å². The molecule has 0 aliphatic carbocycles. The Balaban J connectivity index is 2.14. The van der Waals surface area contributed by atoms with Gasteiger partial charge in [0.25, 0.3) is 0 Å². The molecule has 1 unspecified atom stereocenters. The topological polar surface area (TPSA) is 41.5 Å². The van der Waals surface area contributed by atoms with Crippen molar-refractivity contribution in [3.8, 4) is 11.5 Å². The number of benzene rings is 2. The minimum Gasteiger partial charge on any atom is -0.508 e. The van der Waals surface area contributed by atoms with Crippen molar-refractivity contribution in [2.45, 2.75) is 26.5 Å². The molecular formula is C17H21NO2. The van der Waals surface area contributed by atoms with Gasteiger partial charge in [-0.05, 0) is 44.7 Å². The Morgan fingerprint density at radius 3 is 2.50 bits per heavy atom. The molecule has 2 N–H and O–H groups in total. The Morgan fingerprint density at radius 2 is 1.85 bits per heavy atom. The van der Waals surface area contributed by atoms with Gasteiger partial charge in [0.1, 0.15) is 18.1 Å². The van der Waals surface area contributed by atoms with Crippen molar-refractivity contribution in [3.63, 3.8) is 0 Å². The van der Waals surface area contributed by atoms with E-state index in [9.17, 15) is 5.11 Å². The monoisotopic (exact) mass is 271 g/mol. The molecule has 2 rings (SSSR count). The van der Waals surface area contributed by atoms with Crippen LogP contribution in [0.1, 0.15) is 29.7 Å². The molecule has 3 nitrogen and oxygen atoms in total. The number of hydrogen-bond donors (Lipinski definition) is 2. The number of hydrogen-bond acceptors (Lipinski definition) is 3. The van der Waals surface area contributed by atoms with E-state index in [1.165, 1.54) is 5.56 Å². The van der Waals surface area contributed by atoms with Crippen LogP contribution in [0.5, 0.6) is 11.5 Å². The van der Waals surface area contributed by atoms with Crippen LogP contribution < -0.4 is 10.1 Å². The van der Waals surface area contributed by atoms with Gasteiger partial charge in [-0.25, -0.2) is 0 Å². The van der Waals surface area contributed by atoms with E-state index < -0.39 is 0 Å². The predicted octanol–water partition coefficient (Wildman–Crippen LogP) is 3.56. The zero-order valence-electron chi connectivity index (χ0n) is 12.2. The molecule has 0 saturated heterocycles. The number of aryl methyl sites for hydroxylation is 1. The van der Waals surface area contributed by atoms with Crippen LogP contribution in [0, 0.1) is 6.92 Å². The first-order valence-electron chi connectivity index (χ1n) is 6.78. The zero-order valence-corrected chi connectivity index (χ0v) is 12.2. The summed E-state index contributed by atoms with van der Waals surface area (Å²) in [7, 11) is 1.94. The molecule has 0 aliphatic rings. The van der Waals surface area contributed by atoms with Crippen molar-refractivity contribution in [3.05, 3.63) is 59.2 Å². The molecule has 0 spiro atoms. The third-order valence-corrected chi connectivity index (χ3v) is 3.40. The van der Waals surface area contributed by atoms with Crippen LogP contribution in [0.2, 0.25) is 0 Å². The summed E-state index contributed by atoms with van der Waals surface area (Å²) in [5.41, 5.74) is 3.41. The van der Waals surface area contributed by atoms with Crippen LogP contribution in [0.3, 0.4) is 0 Å². The van der Waals surface area contributed by atoms with Gasteiger partial charge in [0.15, 0.2) is 0 Å². The molecule has 3 heteroatoms. The van der Waals surface area contributed by atoms with Crippen molar-refractivity contribution in [1.82, 2.24) is 5.32 Å². The smallest absolute Gasteiger partial charge is 0.124 e. The molecule has 0 saturated carbocycles. The molecule has 0 bridgehead atoms. The fourth-order valence-corrected chi connectivity index (χ4v) is 2.05. The zero-order chi connectivity index (χ0) is 14.5. The Hall–Kier alpha value is -2.00. The van der Waals surface area contributed by atoms with Crippen LogP contribution in [0.4, 0.5) is 0 Å². The number of phenolic OH excluding ortho intramolecular Hbond substituents is 1. The van der Waals surface area contributed by atoms with Crippen LogP contribution in [0.25, 0.3) is 0 Å². The van der Waals surface area contributed by atoms with E-state index in [1.807, 2.05) is 25.2 Å². The number of nitrogens with one attached hydrogen (secondary N) is 1. The molecule has 2 aromatic rings. The largest absolute Gasteiger partial charge is 0.508 e. The summed E-state index contributed by atoms with van der Waals surface area (Å²) in [4.78, 5) is 0. The molecule has 106 valence electrons. The van der Waals surface area contributed by atoms with Gasteiger partial charge < -0.3 is 15.2 Å². The third kappa shape index (κ3) is 3.52. The Bertz CT molecular complexity index is 564. The quantitative estimate of drug-likeness (QED) is 0.873. The highest BCUT2D eigenvalue weighted by Gasteiger charge is 2.10. The molecule has 0 radical (unpaired) electrons. The maximum Gasteiger partial charge on any atom is 0.124 e. The highest BCUT2D eigenvalue weighted by Crippen LogP contribution is 2.27. The van der Waals surface area contributed by atoms with E-state index in [1.54, 1.807) is 12.1 Å². The number of phenols is 1. The lowest BCUT2D eigenvalue weighted by atomic mass is 10.0. The second kappa shape index (κ2) is 6.44. The van der Waals surface area contributed by atoms with E-state index in [-0.39, 0.29) is 11.8 Å². The van der Waals surface area contributed by atoms with Crippen molar-refractivity contribution in [1.29, 1.82) is 0 Å². The summed E-state index contributed by atoms with van der Waals surface area (Å²) in [5, 5.41) is 12.5. The lowest BCUT2D eigenvalue weighted by Gasteiger charge is -2.17. The molecule has 0 heterocycles. The number of ether oxygens (including phenoxy) is 1. The van der Waals surface area contributed by atoms with Crippen LogP contribution in [0.15, 0.2) is 42.5 Å². The van der Waals surface area contributed by atoms with Gasteiger partial charge in [0.05, 0.1) is 0 Å². The minimum absolute atomic E-state index is 0.240. The SMILES string of the molecule is CNC(C)c1cc(C)ccc1OCc1ccc(O)cc1. The summed E-state index contributed by atoms with van der Waals surface area (Å²) in [5.74, 6) is 1.17. The van der Waals surface area contributed by atoms with Gasteiger partial charge in [-0.3, -0.25) is 0 Å². The third-order valence-electron chi connectivity index (χ3n) is 3.40. The van der Waals surface area contributed by atoms with E-state index >= 15 is 0 Å². The molecule has 0 aromatic heterocycles. The van der Waals surface area contributed by atoms with E-state index in [2.05, 4.69) is 31.3 Å². The second-order valence-electron chi connectivity index (χ2n) is 5.01. The maximum absolute atomic E-state index is 9.27. The Labute approximate surface area is 120 Å². The lowest BCUT2D eigenvalue weighted by Crippen LogP contribution is -2.14. The van der Waals surface area contributed by atoms with Crippen LogP contribution >= 0.6 is 0 Å². The predicted molar refractivity (Wildman–Crippen MR) is 81.1 cm³/mol. The van der Waals surface area contributed by atoms with Gasteiger partial charge in [-0.1, -0.05) is 29.8 Å². The maximum atomic E-state index is 9.27. The Kier molecular flexibility index (Phi) is 4.64. The number of aromatic hydroxyl groups is 1. The van der Waals surface area contributed by atoms with Crippen LogP contribution in [-0.4, -0.2) is 12.2 Å². The summed E-state index contributed by atoms with van der Waals surface area (Å²) in [6.45, 7) is 4.69. The van der Waals surface area contributed by atoms with E-state index in [0.29, 0.717) is 6.61 Å². The molecule has 2 aromatic carbocycles. The highest BCUT2D eigenvalue weighted by atomic mass is 16.5. The molecule has 0 fully saturated rings. The van der Waals surface area contributed by atoms with Crippen molar-refractivity contribution in [2.24, 2.45) is 0 Å². The second-order valence-corrected chi connectivity index (χ2v) is 5.01. The summed E-state index contributed by atoms with van der Waals surface area (Å²) < 4.78 is 5.92. The molecular weight excluding hydrogens is 250 g/mol. The van der Waals surface area contributed by atoms with Gasteiger partial charge in [0.2, 0.25) is 0 Å². The highest BCUT2D eigenvalue weighted by molar-refractivity contribution is 5.39. The number of rotatable bonds is 5. The first-order chi connectivity index (χ1) is 9.60. The van der Waals surface area contributed by atoms with Crippen molar-refractivity contribution in [2.75, 3.05) is 7.05 Å². The summed E-state index contributed by atoms with van der Waals surface area (Å²) in [6.07, 6.45) is 0. The van der Waals surface area contributed by atoms with E-state index in [0.717, 1.165) is 16.9 Å². The normalized spacial score (nSPS) is 12.2. The average molecular weight is 271 g/mol. The lowest BCUT2D eigenvalue weighted by molar-refractivity contribution is 0.300. The first-order valence-corrected chi connectivity index (χ1v) is 6.78. The molecule has 1 atom stereocenters. The van der Waals surface area contributed by atoms with Gasteiger partial charge in [0, 0.05) is 11.6 Å². The fourth-order valence-electron chi connectivity index (χ4n) is 2.05. The first kappa shape index (κ1) is 14.4. The van der Waals surface area contributed by atoms with Gasteiger partial charge >= 0.3 is 0 Å². The standard InChI is InChI=1S/C17H21NO2/c1-12-4-9-17(16(10-12)13(2)18-3)20-11-14-5-7-15(19)8-6-14/h4-10,13,18-19H,11H2,1-3H3. The molecule has 0 amide bonds. The molecule has 20 heavy (non-hydrogen) atoms. The minimum atomic E-state index is 0.240. The van der Waals surface area contributed by atoms with Crippen molar-refractivity contribution < 1.29 is 9.84 Å². The molecule has 0 aliphatic heterocycles. The van der Waals surface area contributed by atoms with Gasteiger partial charge in [-0.15, -0.1) is 0 Å². The summed E-state index contributed by atoms with van der Waals surface area (Å²) in [6, 6.07) is 13.5. The van der Waals surface area contributed by atoms with Crippen LogP contribution in [-0.2, 0) is 6.61 Å².